The van der Waals surface area contributed by atoms with Crippen LogP contribution in [-0.4, -0.2) is 22.0 Å². The van der Waals surface area contributed by atoms with E-state index in [1.54, 1.807) is 12.4 Å². The number of hydrazone groups is 1. The lowest BCUT2D eigenvalue weighted by molar-refractivity contribution is -0.384. The lowest BCUT2D eigenvalue weighted by Crippen LogP contribution is -2.17. The van der Waals surface area contributed by atoms with E-state index in [-0.39, 0.29) is 5.69 Å². The van der Waals surface area contributed by atoms with Crippen LogP contribution in [0, 0.1) is 10.1 Å². The van der Waals surface area contributed by atoms with Crippen LogP contribution < -0.4 is 5.43 Å². The van der Waals surface area contributed by atoms with E-state index in [1.807, 2.05) is 24.3 Å². The van der Waals surface area contributed by atoms with E-state index in [4.69, 9.17) is 0 Å². The molecule has 0 saturated heterocycles. The average Bonchev–Trinajstić information content (AvgIpc) is 2.98. The molecule has 0 atom stereocenters. The molecule has 0 aliphatic rings. The van der Waals surface area contributed by atoms with Gasteiger partial charge in [0.1, 0.15) is 0 Å². The second kappa shape index (κ2) is 6.10. The first-order chi connectivity index (χ1) is 11.1. The fourth-order valence-electron chi connectivity index (χ4n) is 2.16. The Morgan fingerprint density at radius 3 is 2.65 bits per heavy atom. The molecule has 0 aliphatic carbocycles. The summed E-state index contributed by atoms with van der Waals surface area (Å²) in [5.74, 6) is -0.434. The maximum absolute atomic E-state index is 11.9. The number of fused-ring (bicyclic) bond motifs is 1. The number of nitro benzene ring substituents is 1. The van der Waals surface area contributed by atoms with E-state index < -0.39 is 10.8 Å². The van der Waals surface area contributed by atoms with Gasteiger partial charge in [0.2, 0.25) is 0 Å². The fourth-order valence-corrected chi connectivity index (χ4v) is 2.16. The summed E-state index contributed by atoms with van der Waals surface area (Å²) in [6.45, 7) is 0. The van der Waals surface area contributed by atoms with Gasteiger partial charge in [-0.05, 0) is 18.2 Å². The number of hydrogen-bond acceptors (Lipinski definition) is 4. The number of nitro groups is 1. The third-order valence-electron chi connectivity index (χ3n) is 3.33. The first kappa shape index (κ1) is 14.5. The van der Waals surface area contributed by atoms with Gasteiger partial charge in [-0.1, -0.05) is 18.2 Å². The van der Waals surface area contributed by atoms with Crippen molar-refractivity contribution in [2.45, 2.75) is 0 Å². The number of nitrogens with one attached hydrogen (secondary N) is 2. The zero-order valence-corrected chi connectivity index (χ0v) is 11.9. The number of nitrogens with zero attached hydrogens (tertiary/aromatic N) is 2. The van der Waals surface area contributed by atoms with Crippen LogP contribution in [-0.2, 0) is 0 Å². The summed E-state index contributed by atoms with van der Waals surface area (Å²) in [5.41, 5.74) is 4.46. The Morgan fingerprint density at radius 2 is 1.91 bits per heavy atom. The first-order valence-corrected chi connectivity index (χ1v) is 6.79. The van der Waals surface area contributed by atoms with Crippen molar-refractivity contribution in [2.24, 2.45) is 5.10 Å². The van der Waals surface area contributed by atoms with Gasteiger partial charge in [-0.15, -0.1) is 0 Å². The lowest BCUT2D eigenvalue weighted by atomic mass is 10.2. The highest BCUT2D eigenvalue weighted by molar-refractivity contribution is 6.00. The molecule has 0 radical (unpaired) electrons. The quantitative estimate of drug-likeness (QED) is 0.440. The Balaban J connectivity index is 1.70. The van der Waals surface area contributed by atoms with E-state index in [0.717, 1.165) is 16.5 Å². The van der Waals surface area contributed by atoms with Crippen LogP contribution in [0.2, 0.25) is 0 Å². The van der Waals surface area contributed by atoms with Crippen molar-refractivity contribution in [3.63, 3.8) is 0 Å². The minimum absolute atomic E-state index is 0.0659. The lowest BCUT2D eigenvalue weighted by Gasteiger charge is -1.99. The van der Waals surface area contributed by atoms with Gasteiger partial charge in [0.15, 0.2) is 0 Å². The summed E-state index contributed by atoms with van der Waals surface area (Å²) in [5, 5.41) is 15.5. The molecule has 0 bridgehead atoms. The van der Waals surface area contributed by atoms with Crippen LogP contribution in [0.15, 0.2) is 59.8 Å². The Hall–Kier alpha value is -3.48. The summed E-state index contributed by atoms with van der Waals surface area (Å²) >= 11 is 0. The number of aromatic nitrogens is 1. The number of amides is 1. The number of hydrogen-bond donors (Lipinski definition) is 2. The smallest absolute Gasteiger partial charge is 0.271 e. The monoisotopic (exact) mass is 308 g/mol. The molecule has 1 amide bonds. The highest BCUT2D eigenvalue weighted by Crippen LogP contribution is 2.15. The number of aromatic amines is 1. The van der Waals surface area contributed by atoms with E-state index in [9.17, 15) is 14.9 Å². The van der Waals surface area contributed by atoms with Gasteiger partial charge >= 0.3 is 0 Å². The van der Waals surface area contributed by atoms with Gasteiger partial charge < -0.3 is 4.98 Å². The summed E-state index contributed by atoms with van der Waals surface area (Å²) in [6, 6.07) is 13.1. The molecule has 3 rings (SSSR count). The summed E-state index contributed by atoms with van der Waals surface area (Å²) in [6.07, 6.45) is 3.34. The van der Waals surface area contributed by atoms with E-state index in [0.29, 0.717) is 5.56 Å². The van der Waals surface area contributed by atoms with Crippen molar-refractivity contribution in [3.8, 4) is 0 Å². The van der Waals surface area contributed by atoms with Crippen LogP contribution in [0.4, 0.5) is 5.69 Å². The average molecular weight is 308 g/mol. The zero-order chi connectivity index (χ0) is 16.2. The van der Waals surface area contributed by atoms with E-state index in [1.165, 1.54) is 24.3 Å². The van der Waals surface area contributed by atoms with Crippen molar-refractivity contribution in [3.05, 3.63) is 76.0 Å². The van der Waals surface area contributed by atoms with Gasteiger partial charge in [0, 0.05) is 40.4 Å². The highest BCUT2D eigenvalue weighted by atomic mass is 16.6. The molecule has 2 N–H and O–H groups in total. The number of non-ortho nitro benzene ring substituents is 1. The zero-order valence-electron chi connectivity index (χ0n) is 11.9. The van der Waals surface area contributed by atoms with E-state index >= 15 is 0 Å². The highest BCUT2D eigenvalue weighted by Gasteiger charge is 2.08. The predicted octanol–water partition coefficient (Wildman–Crippen LogP) is 2.84. The number of benzene rings is 2. The molecule has 0 aliphatic heterocycles. The Labute approximate surface area is 130 Å². The van der Waals surface area contributed by atoms with Crippen molar-refractivity contribution < 1.29 is 9.72 Å². The molecule has 1 heterocycles. The van der Waals surface area contributed by atoms with Gasteiger partial charge in [0.25, 0.3) is 11.6 Å². The Kier molecular flexibility index (Phi) is 3.84. The summed E-state index contributed by atoms with van der Waals surface area (Å²) in [7, 11) is 0. The molecule has 23 heavy (non-hydrogen) atoms. The number of H-pyrrole nitrogens is 1. The van der Waals surface area contributed by atoms with Gasteiger partial charge in [0.05, 0.1) is 11.1 Å². The molecule has 2 aromatic carbocycles. The maximum atomic E-state index is 11.9. The van der Waals surface area contributed by atoms with Crippen LogP contribution in [0.3, 0.4) is 0 Å². The predicted molar refractivity (Wildman–Crippen MR) is 86.5 cm³/mol. The minimum atomic E-state index is -0.517. The molecule has 0 saturated carbocycles. The van der Waals surface area contributed by atoms with Gasteiger partial charge in [-0.3, -0.25) is 14.9 Å². The molecule has 0 fully saturated rings. The number of rotatable bonds is 4. The SMILES string of the molecule is O=C(NN=Cc1c[nH]c2ccccc12)c1ccc([N+](=O)[O-])cc1. The molecular formula is C16H12N4O3. The van der Waals surface area contributed by atoms with Crippen molar-refractivity contribution in [1.82, 2.24) is 10.4 Å². The topological polar surface area (TPSA) is 100 Å². The third kappa shape index (κ3) is 3.08. The second-order valence-corrected chi connectivity index (χ2v) is 4.79. The molecule has 3 aromatic rings. The van der Waals surface area contributed by atoms with Crippen LogP contribution in [0.25, 0.3) is 10.9 Å². The minimum Gasteiger partial charge on any atom is -0.361 e. The van der Waals surface area contributed by atoms with Gasteiger partial charge in [-0.25, -0.2) is 5.43 Å². The van der Waals surface area contributed by atoms with Crippen LogP contribution in [0.1, 0.15) is 15.9 Å². The standard InChI is InChI=1S/C16H12N4O3/c21-16(11-5-7-13(8-6-11)20(22)23)19-18-10-12-9-17-15-4-2-1-3-14(12)15/h1-10,17H,(H,19,21). The van der Waals surface area contributed by atoms with E-state index in [2.05, 4.69) is 15.5 Å². The first-order valence-electron chi connectivity index (χ1n) is 6.79. The summed E-state index contributed by atoms with van der Waals surface area (Å²) < 4.78 is 0. The normalized spacial score (nSPS) is 11.0. The van der Waals surface area contributed by atoms with Crippen molar-refractivity contribution >= 4 is 28.7 Å². The molecule has 0 spiro atoms. The second-order valence-electron chi connectivity index (χ2n) is 4.79. The largest absolute Gasteiger partial charge is 0.361 e. The molecule has 7 nitrogen and oxygen atoms in total. The molecule has 7 heteroatoms. The molecular weight excluding hydrogens is 296 g/mol. The third-order valence-corrected chi connectivity index (χ3v) is 3.33. The summed E-state index contributed by atoms with van der Waals surface area (Å²) in [4.78, 5) is 25.1. The maximum Gasteiger partial charge on any atom is 0.271 e. The van der Waals surface area contributed by atoms with Gasteiger partial charge in [-0.2, -0.15) is 5.10 Å². The number of carbonyl (C=O) groups excluding carboxylic acids is 1. The Bertz CT molecular complexity index is 897. The van der Waals surface area contributed by atoms with Crippen molar-refractivity contribution in [2.75, 3.05) is 0 Å². The Morgan fingerprint density at radius 1 is 1.17 bits per heavy atom. The molecule has 114 valence electrons. The molecule has 1 aromatic heterocycles. The van der Waals surface area contributed by atoms with Crippen LogP contribution in [0.5, 0.6) is 0 Å². The number of para-hydroxylation sites is 1. The fraction of sp³-hybridized carbons (Fsp3) is 0. The molecule has 0 unspecified atom stereocenters. The number of carbonyl (C=O) groups is 1. The van der Waals surface area contributed by atoms with Crippen LogP contribution >= 0.6 is 0 Å². The van der Waals surface area contributed by atoms with Crippen molar-refractivity contribution in [1.29, 1.82) is 0 Å².